The number of likely N-dealkylation sites (N-methyl/N-ethyl adjacent to an activating group) is 1. The van der Waals surface area contributed by atoms with Crippen molar-refractivity contribution >= 4 is 11.8 Å². The lowest BCUT2D eigenvalue weighted by Gasteiger charge is -2.43. The maximum atomic E-state index is 13.2. The van der Waals surface area contributed by atoms with Crippen molar-refractivity contribution < 1.29 is 14.3 Å². The van der Waals surface area contributed by atoms with Crippen LogP contribution in [0.4, 0.5) is 0 Å². The van der Waals surface area contributed by atoms with Crippen molar-refractivity contribution in [3.8, 4) is 0 Å². The van der Waals surface area contributed by atoms with Crippen LogP contribution >= 0.6 is 0 Å². The van der Waals surface area contributed by atoms with Crippen LogP contribution in [0, 0.1) is 6.92 Å². The lowest BCUT2D eigenvalue weighted by molar-refractivity contribution is -0.152. The van der Waals surface area contributed by atoms with Gasteiger partial charge in [-0.3, -0.25) is 14.5 Å². The third-order valence-electron chi connectivity index (χ3n) is 5.63. The fourth-order valence-corrected chi connectivity index (χ4v) is 4.04. The Balaban J connectivity index is 1.57. The molecule has 0 spiro atoms. The first kappa shape index (κ1) is 20.8. The first-order valence-electron chi connectivity index (χ1n) is 10.0. The number of aryl methyl sites for hydroxylation is 1. The van der Waals surface area contributed by atoms with Gasteiger partial charge in [-0.15, -0.1) is 0 Å². The summed E-state index contributed by atoms with van der Waals surface area (Å²) < 4.78 is 5.00. The molecule has 28 heavy (non-hydrogen) atoms. The van der Waals surface area contributed by atoms with Gasteiger partial charge in [0.05, 0.1) is 0 Å². The van der Waals surface area contributed by atoms with Crippen LogP contribution in [0.25, 0.3) is 0 Å². The smallest absolute Gasteiger partial charge is 0.249 e. The number of methoxy groups -OCH3 is 1. The number of benzene rings is 1. The summed E-state index contributed by atoms with van der Waals surface area (Å²) in [5.41, 5.74) is 2.58. The zero-order valence-electron chi connectivity index (χ0n) is 17.3. The fourth-order valence-electron chi connectivity index (χ4n) is 4.04. The lowest BCUT2D eigenvalue weighted by atomic mass is 10.1. The average Bonchev–Trinajstić information content (AvgIpc) is 2.68. The first-order chi connectivity index (χ1) is 13.5. The highest BCUT2D eigenvalue weighted by molar-refractivity contribution is 5.88. The van der Waals surface area contributed by atoms with Gasteiger partial charge in [0.15, 0.2) is 0 Å². The zero-order chi connectivity index (χ0) is 20.1. The Morgan fingerprint density at radius 1 is 1.11 bits per heavy atom. The van der Waals surface area contributed by atoms with Crippen LogP contribution < -0.4 is 0 Å². The minimum absolute atomic E-state index is 0.0256. The maximum absolute atomic E-state index is 13.2. The van der Waals surface area contributed by atoms with Gasteiger partial charge < -0.3 is 19.4 Å². The van der Waals surface area contributed by atoms with Crippen molar-refractivity contribution in [3.63, 3.8) is 0 Å². The van der Waals surface area contributed by atoms with Crippen LogP contribution in [0.15, 0.2) is 24.3 Å². The standard InChI is InChI=1S/C21H32N4O3/c1-17-5-4-6-18(13-17)14-23-8-10-24(11-9-23)21(27)19-15-22(2)7-12-25(19)20(26)16-28-3/h4-6,13,19H,7-12,14-16H2,1-3H3. The normalized spacial score (nSPS) is 21.8. The van der Waals surface area contributed by atoms with Crippen molar-refractivity contribution in [2.24, 2.45) is 0 Å². The van der Waals surface area contributed by atoms with Crippen LogP contribution in [0.1, 0.15) is 11.1 Å². The van der Waals surface area contributed by atoms with Gasteiger partial charge in [-0.25, -0.2) is 0 Å². The van der Waals surface area contributed by atoms with E-state index in [0.717, 1.165) is 26.2 Å². The SMILES string of the molecule is COCC(=O)N1CCN(C)CC1C(=O)N1CCN(Cc2cccc(C)c2)CC1. The predicted molar refractivity (Wildman–Crippen MR) is 108 cm³/mol. The van der Waals surface area contributed by atoms with E-state index in [2.05, 4.69) is 41.0 Å². The highest BCUT2D eigenvalue weighted by Gasteiger charge is 2.37. The van der Waals surface area contributed by atoms with E-state index in [1.807, 2.05) is 11.9 Å². The van der Waals surface area contributed by atoms with E-state index in [1.165, 1.54) is 18.2 Å². The summed E-state index contributed by atoms with van der Waals surface area (Å²) in [4.78, 5) is 33.7. The van der Waals surface area contributed by atoms with E-state index in [0.29, 0.717) is 26.2 Å². The topological polar surface area (TPSA) is 56.3 Å². The Labute approximate surface area is 167 Å². The minimum Gasteiger partial charge on any atom is -0.375 e. The second kappa shape index (κ2) is 9.49. The Hall–Kier alpha value is -1.96. The van der Waals surface area contributed by atoms with Crippen LogP contribution in [0.5, 0.6) is 0 Å². The molecular formula is C21H32N4O3. The van der Waals surface area contributed by atoms with Gasteiger partial charge in [-0.1, -0.05) is 29.8 Å². The van der Waals surface area contributed by atoms with Crippen LogP contribution in [-0.2, 0) is 20.9 Å². The summed E-state index contributed by atoms with van der Waals surface area (Å²) in [6, 6.07) is 8.16. The number of rotatable bonds is 5. The second-order valence-electron chi connectivity index (χ2n) is 7.89. The maximum Gasteiger partial charge on any atom is 0.249 e. The molecule has 2 amide bonds. The molecule has 0 radical (unpaired) electrons. The number of amides is 2. The molecule has 2 aliphatic heterocycles. The molecule has 2 fully saturated rings. The van der Waals surface area contributed by atoms with Crippen molar-refractivity contribution in [1.82, 2.24) is 19.6 Å². The van der Waals surface area contributed by atoms with Gasteiger partial charge in [0.1, 0.15) is 12.6 Å². The molecule has 1 aromatic rings. The summed E-state index contributed by atoms with van der Waals surface area (Å²) in [6.07, 6.45) is 0. The molecule has 1 unspecified atom stereocenters. The van der Waals surface area contributed by atoms with Crippen molar-refractivity contribution in [2.45, 2.75) is 19.5 Å². The van der Waals surface area contributed by atoms with E-state index >= 15 is 0 Å². The molecule has 0 aromatic heterocycles. The van der Waals surface area contributed by atoms with Crippen LogP contribution in [0.3, 0.4) is 0 Å². The quantitative estimate of drug-likeness (QED) is 0.732. The lowest BCUT2D eigenvalue weighted by Crippen LogP contribution is -2.62. The predicted octanol–water partition coefficient (Wildman–Crippen LogP) is 0.428. The molecule has 0 N–H and O–H groups in total. The molecule has 0 saturated carbocycles. The highest BCUT2D eigenvalue weighted by atomic mass is 16.5. The van der Waals surface area contributed by atoms with Gasteiger partial charge in [0.25, 0.3) is 0 Å². The van der Waals surface area contributed by atoms with E-state index in [-0.39, 0.29) is 18.4 Å². The third-order valence-corrected chi connectivity index (χ3v) is 5.63. The Morgan fingerprint density at radius 3 is 2.54 bits per heavy atom. The van der Waals surface area contributed by atoms with Crippen molar-refractivity contribution in [2.75, 3.05) is 66.6 Å². The number of carbonyl (C=O) groups is 2. The number of hydrogen-bond acceptors (Lipinski definition) is 5. The molecule has 3 rings (SSSR count). The highest BCUT2D eigenvalue weighted by Crippen LogP contribution is 2.15. The van der Waals surface area contributed by atoms with Crippen LogP contribution in [-0.4, -0.2) is 104 Å². The summed E-state index contributed by atoms with van der Waals surface area (Å²) in [5, 5.41) is 0. The number of piperazine rings is 2. The summed E-state index contributed by atoms with van der Waals surface area (Å²) in [5.74, 6) is -0.0433. The average molecular weight is 389 g/mol. The van der Waals surface area contributed by atoms with E-state index < -0.39 is 6.04 Å². The van der Waals surface area contributed by atoms with E-state index in [9.17, 15) is 9.59 Å². The molecule has 0 aliphatic carbocycles. The largest absolute Gasteiger partial charge is 0.375 e. The molecule has 7 nitrogen and oxygen atoms in total. The zero-order valence-corrected chi connectivity index (χ0v) is 17.3. The van der Waals surface area contributed by atoms with E-state index in [1.54, 1.807) is 4.90 Å². The van der Waals surface area contributed by atoms with Gasteiger partial charge in [0.2, 0.25) is 11.8 Å². The van der Waals surface area contributed by atoms with Gasteiger partial charge >= 0.3 is 0 Å². The molecule has 7 heteroatoms. The van der Waals surface area contributed by atoms with Crippen molar-refractivity contribution in [3.05, 3.63) is 35.4 Å². The first-order valence-corrected chi connectivity index (χ1v) is 10.0. The molecular weight excluding hydrogens is 356 g/mol. The number of hydrogen-bond donors (Lipinski definition) is 0. The number of ether oxygens (including phenoxy) is 1. The molecule has 2 heterocycles. The molecule has 154 valence electrons. The molecule has 1 aromatic carbocycles. The van der Waals surface area contributed by atoms with Crippen molar-refractivity contribution in [1.29, 1.82) is 0 Å². The molecule has 1 atom stereocenters. The van der Waals surface area contributed by atoms with Crippen LogP contribution in [0.2, 0.25) is 0 Å². The molecule has 0 bridgehead atoms. The molecule has 2 aliphatic rings. The number of carbonyl (C=O) groups excluding carboxylic acids is 2. The Bertz CT molecular complexity index is 688. The summed E-state index contributed by atoms with van der Waals surface area (Å²) in [7, 11) is 3.51. The number of nitrogens with zero attached hydrogens (tertiary/aromatic N) is 4. The van der Waals surface area contributed by atoms with E-state index in [4.69, 9.17) is 4.74 Å². The fraction of sp³-hybridized carbons (Fsp3) is 0.619. The summed E-state index contributed by atoms with van der Waals surface area (Å²) >= 11 is 0. The minimum atomic E-state index is -0.412. The monoisotopic (exact) mass is 388 g/mol. The summed E-state index contributed by atoms with van der Waals surface area (Å²) in [6.45, 7) is 8.10. The Kier molecular flexibility index (Phi) is 7.04. The second-order valence-corrected chi connectivity index (χ2v) is 7.89. The van der Waals surface area contributed by atoms with Gasteiger partial charge in [-0.2, -0.15) is 0 Å². The third kappa shape index (κ3) is 5.10. The van der Waals surface area contributed by atoms with Gasteiger partial charge in [-0.05, 0) is 19.5 Å². The van der Waals surface area contributed by atoms with Gasteiger partial charge in [0, 0.05) is 59.5 Å². The Morgan fingerprint density at radius 2 is 1.86 bits per heavy atom. The molecule has 2 saturated heterocycles.